The number of ether oxygens (including phenoxy) is 3. The molecule has 1 N–H and O–H groups in total. The van der Waals surface area contributed by atoms with E-state index >= 15 is 0 Å². The second-order valence-electron chi connectivity index (χ2n) is 8.67. The summed E-state index contributed by atoms with van der Waals surface area (Å²) in [6.45, 7) is 4.06. The second kappa shape index (κ2) is 10.7. The smallest absolute Gasteiger partial charge is 0.324 e. The first-order valence-corrected chi connectivity index (χ1v) is 11.8. The van der Waals surface area contributed by atoms with Crippen LogP contribution in [-0.2, 0) is 11.3 Å². The molecule has 4 rings (SSSR count). The van der Waals surface area contributed by atoms with Crippen molar-refractivity contribution in [2.24, 2.45) is 5.92 Å². The quantitative estimate of drug-likeness (QED) is 0.699. The lowest BCUT2D eigenvalue weighted by Gasteiger charge is -2.39. The molecule has 8 heteroatoms. The van der Waals surface area contributed by atoms with Gasteiger partial charge in [0.15, 0.2) is 0 Å². The van der Waals surface area contributed by atoms with Gasteiger partial charge >= 0.3 is 6.03 Å². The molecule has 0 unspecified atom stereocenters. The lowest BCUT2D eigenvalue weighted by atomic mass is 9.96. The van der Waals surface area contributed by atoms with E-state index in [1.165, 1.54) is 0 Å². The molecular weight excluding hydrogens is 434 g/mol. The van der Waals surface area contributed by atoms with Crippen LogP contribution >= 0.6 is 0 Å². The number of fused-ring (bicyclic) bond motifs is 1. The molecule has 0 spiro atoms. The number of likely N-dealkylation sites (tertiary alicyclic amines) is 1. The van der Waals surface area contributed by atoms with Crippen molar-refractivity contribution in [3.8, 4) is 17.2 Å². The normalized spacial score (nSPS) is 18.0. The predicted molar refractivity (Wildman–Crippen MR) is 130 cm³/mol. The van der Waals surface area contributed by atoms with Crippen molar-refractivity contribution in [3.05, 3.63) is 48.0 Å². The van der Waals surface area contributed by atoms with Crippen LogP contribution in [0.1, 0.15) is 31.7 Å². The average Bonchev–Trinajstić information content (AvgIpc) is 2.90. The average molecular weight is 468 g/mol. The first-order chi connectivity index (χ1) is 16.5. The number of rotatable bonds is 6. The van der Waals surface area contributed by atoms with Gasteiger partial charge < -0.3 is 24.4 Å². The summed E-state index contributed by atoms with van der Waals surface area (Å²) < 4.78 is 16.7. The third-order valence-electron chi connectivity index (χ3n) is 6.60. The Kier molecular flexibility index (Phi) is 7.45. The van der Waals surface area contributed by atoms with Crippen molar-refractivity contribution < 1.29 is 23.8 Å². The molecule has 182 valence electrons. The van der Waals surface area contributed by atoms with Crippen LogP contribution in [0, 0.1) is 5.92 Å². The van der Waals surface area contributed by atoms with E-state index in [1.54, 1.807) is 14.2 Å². The second-order valence-corrected chi connectivity index (χ2v) is 8.67. The van der Waals surface area contributed by atoms with E-state index in [1.807, 2.05) is 52.3 Å². The number of hydrogen-bond acceptors (Lipinski definition) is 5. The fraction of sp³-hybridized carbons (Fsp3) is 0.462. The van der Waals surface area contributed by atoms with Crippen molar-refractivity contribution in [2.75, 3.05) is 38.8 Å². The van der Waals surface area contributed by atoms with Crippen LogP contribution in [0.15, 0.2) is 42.5 Å². The van der Waals surface area contributed by atoms with Gasteiger partial charge in [0, 0.05) is 31.1 Å². The highest BCUT2D eigenvalue weighted by atomic mass is 16.5. The Morgan fingerprint density at radius 3 is 2.56 bits per heavy atom. The van der Waals surface area contributed by atoms with Gasteiger partial charge in [0.05, 0.1) is 26.5 Å². The highest BCUT2D eigenvalue weighted by Gasteiger charge is 2.34. The van der Waals surface area contributed by atoms with Crippen molar-refractivity contribution in [1.82, 2.24) is 10.2 Å². The van der Waals surface area contributed by atoms with Gasteiger partial charge in [-0.3, -0.25) is 9.69 Å². The highest BCUT2D eigenvalue weighted by Crippen LogP contribution is 2.35. The molecule has 0 aromatic heterocycles. The number of piperidine rings is 1. The topological polar surface area (TPSA) is 80.3 Å². The Labute approximate surface area is 200 Å². The molecule has 2 aromatic carbocycles. The van der Waals surface area contributed by atoms with E-state index in [9.17, 15) is 9.59 Å². The molecule has 2 heterocycles. The number of benzene rings is 2. The minimum Gasteiger partial charge on any atom is -0.497 e. The molecule has 0 bridgehead atoms. The fourth-order valence-corrected chi connectivity index (χ4v) is 4.54. The van der Waals surface area contributed by atoms with Gasteiger partial charge in [-0.15, -0.1) is 0 Å². The zero-order valence-corrected chi connectivity index (χ0v) is 20.1. The molecule has 0 radical (unpaired) electrons. The number of carbonyl (C=O) groups excluding carboxylic acids is 2. The Balaban J connectivity index is 1.34. The summed E-state index contributed by atoms with van der Waals surface area (Å²) in [5, 5.41) is 3.02. The summed E-state index contributed by atoms with van der Waals surface area (Å²) in [4.78, 5) is 29.9. The van der Waals surface area contributed by atoms with E-state index in [0.29, 0.717) is 50.5 Å². The molecule has 0 aliphatic carbocycles. The molecule has 3 amide bonds. The lowest BCUT2D eigenvalue weighted by Crippen LogP contribution is -2.52. The van der Waals surface area contributed by atoms with Crippen LogP contribution < -0.4 is 24.4 Å². The summed E-state index contributed by atoms with van der Waals surface area (Å²) in [6, 6.07) is 13.2. The van der Waals surface area contributed by atoms with Crippen LogP contribution in [0.25, 0.3) is 0 Å². The van der Waals surface area contributed by atoms with Gasteiger partial charge in [0.2, 0.25) is 5.91 Å². The number of nitrogens with one attached hydrogen (secondary N) is 1. The minimum atomic E-state index is -0.124. The van der Waals surface area contributed by atoms with E-state index in [2.05, 4.69) is 12.2 Å². The number of anilines is 1. The molecule has 1 saturated heterocycles. The molecule has 1 fully saturated rings. The van der Waals surface area contributed by atoms with E-state index in [0.717, 1.165) is 23.4 Å². The van der Waals surface area contributed by atoms with E-state index in [-0.39, 0.29) is 24.0 Å². The number of carbonyl (C=O) groups is 2. The standard InChI is InChI=1S/C26H33N3O5/c1-4-20-17-29(22-7-5-6-8-24(22)34-20)26(31)28-13-11-18(12-14-28)25(30)27-16-19-15-21(32-2)9-10-23(19)33-3/h5-10,15,18,20H,4,11-14,16-17H2,1-3H3,(H,27,30)/t20-/m0/s1. The summed E-state index contributed by atoms with van der Waals surface area (Å²) in [5.41, 5.74) is 1.67. The lowest BCUT2D eigenvalue weighted by molar-refractivity contribution is -0.126. The number of amides is 3. The van der Waals surface area contributed by atoms with Gasteiger partial charge in [-0.1, -0.05) is 19.1 Å². The van der Waals surface area contributed by atoms with Crippen molar-refractivity contribution in [3.63, 3.8) is 0 Å². The highest BCUT2D eigenvalue weighted by molar-refractivity contribution is 5.94. The largest absolute Gasteiger partial charge is 0.497 e. The summed E-state index contributed by atoms with van der Waals surface area (Å²) in [5.74, 6) is 2.04. The van der Waals surface area contributed by atoms with Crippen LogP contribution in [0.5, 0.6) is 17.2 Å². The summed E-state index contributed by atoms with van der Waals surface area (Å²) in [7, 11) is 3.21. The maximum absolute atomic E-state index is 13.4. The van der Waals surface area contributed by atoms with Crippen molar-refractivity contribution in [2.45, 2.75) is 38.8 Å². The molecule has 34 heavy (non-hydrogen) atoms. The fourth-order valence-electron chi connectivity index (χ4n) is 4.54. The molecular formula is C26H33N3O5. The van der Waals surface area contributed by atoms with Crippen LogP contribution in [0.2, 0.25) is 0 Å². The Hall–Kier alpha value is -3.42. The minimum absolute atomic E-state index is 0.000243. The Morgan fingerprint density at radius 2 is 1.85 bits per heavy atom. The number of hydrogen-bond donors (Lipinski definition) is 1. The number of para-hydroxylation sites is 2. The molecule has 2 aliphatic heterocycles. The van der Waals surface area contributed by atoms with Gasteiger partial charge in [-0.25, -0.2) is 4.79 Å². The van der Waals surface area contributed by atoms with E-state index in [4.69, 9.17) is 14.2 Å². The monoisotopic (exact) mass is 467 g/mol. The van der Waals surface area contributed by atoms with Gasteiger partial charge in [0.25, 0.3) is 0 Å². The SMILES string of the molecule is CC[C@H]1CN(C(=O)N2CCC(C(=O)NCc3cc(OC)ccc3OC)CC2)c2ccccc2O1. The maximum Gasteiger partial charge on any atom is 0.324 e. The molecule has 8 nitrogen and oxygen atoms in total. The van der Waals surface area contributed by atoms with E-state index < -0.39 is 0 Å². The zero-order valence-electron chi connectivity index (χ0n) is 20.1. The van der Waals surface area contributed by atoms with Crippen LogP contribution in [0.3, 0.4) is 0 Å². The Bertz CT molecular complexity index is 1020. The van der Waals surface area contributed by atoms with Crippen molar-refractivity contribution >= 4 is 17.6 Å². The van der Waals surface area contributed by atoms with Crippen molar-refractivity contribution in [1.29, 1.82) is 0 Å². The summed E-state index contributed by atoms with van der Waals surface area (Å²) in [6.07, 6.45) is 2.08. The number of urea groups is 1. The van der Waals surface area contributed by atoms with Crippen LogP contribution in [-0.4, -0.2) is 56.8 Å². The molecule has 0 saturated carbocycles. The molecule has 2 aliphatic rings. The maximum atomic E-state index is 13.4. The van der Waals surface area contributed by atoms with Gasteiger partial charge in [-0.2, -0.15) is 0 Å². The third-order valence-corrected chi connectivity index (χ3v) is 6.60. The summed E-state index contributed by atoms with van der Waals surface area (Å²) >= 11 is 0. The first-order valence-electron chi connectivity index (χ1n) is 11.8. The van der Waals surface area contributed by atoms with Gasteiger partial charge in [0.1, 0.15) is 23.4 Å². The number of nitrogens with zero attached hydrogens (tertiary/aromatic N) is 2. The molecule has 1 atom stereocenters. The van der Waals surface area contributed by atoms with Crippen LogP contribution in [0.4, 0.5) is 10.5 Å². The first kappa shape index (κ1) is 23.7. The third kappa shape index (κ3) is 5.05. The number of methoxy groups -OCH3 is 2. The Morgan fingerprint density at radius 1 is 1.09 bits per heavy atom. The zero-order chi connectivity index (χ0) is 24.1. The van der Waals surface area contributed by atoms with Gasteiger partial charge in [-0.05, 0) is 49.6 Å². The predicted octanol–water partition coefficient (Wildman–Crippen LogP) is 3.83. The molecule has 2 aromatic rings.